The third-order valence-corrected chi connectivity index (χ3v) is 5.60. The summed E-state index contributed by atoms with van der Waals surface area (Å²) in [7, 11) is -4.83. The van der Waals surface area contributed by atoms with E-state index in [4.69, 9.17) is 14.6 Å². The van der Waals surface area contributed by atoms with Gasteiger partial charge in [-0.15, -0.1) is 0 Å². The third kappa shape index (κ3) is 14.1. The van der Waals surface area contributed by atoms with Crippen molar-refractivity contribution in [2.24, 2.45) is 0 Å². The van der Waals surface area contributed by atoms with E-state index in [2.05, 4.69) is 14.5 Å². The fourth-order valence-corrected chi connectivity index (χ4v) is 3.62. The Hall–Kier alpha value is -1.98. The highest BCUT2D eigenvalue weighted by molar-refractivity contribution is 7.91. The van der Waals surface area contributed by atoms with E-state index < -0.39 is 32.6 Å². The summed E-state index contributed by atoms with van der Waals surface area (Å²) in [6.45, 7) is 4.25. The zero-order valence-corrected chi connectivity index (χ0v) is 19.3. The summed E-state index contributed by atoms with van der Waals surface area (Å²) in [6, 6.07) is 5.49. The minimum Gasteiger partial charge on any atom is -0.385 e. The first-order valence-corrected chi connectivity index (χ1v) is 12.2. The van der Waals surface area contributed by atoms with Crippen molar-refractivity contribution in [1.82, 2.24) is 4.98 Å². The standard InChI is InChI=1S/C15H27N3O7S2.C2H3N/c1-13-11-14(16-5-4-7-24-3)17-15(12-13)18(2)6-9-26(19,20)10-8-25-27(21,22)23;1-2-3/h11-12H,4-10H2,1-3H3,(H,16,17)(H,21,22,23);1H3. The molecular formula is C17H30N4O7S2. The minimum absolute atomic E-state index is 0.174. The molecule has 172 valence electrons. The van der Waals surface area contributed by atoms with Gasteiger partial charge in [0.05, 0.1) is 24.2 Å². The number of sulfone groups is 1. The SMILES string of the molecule is CC#N.COCCCNc1cc(C)cc(N(C)CCS(=O)(=O)CCOS(=O)(=O)O)n1. The molecule has 0 bridgehead atoms. The lowest BCUT2D eigenvalue weighted by Crippen LogP contribution is -2.28. The normalized spacial score (nSPS) is 11.2. The molecule has 0 unspecified atom stereocenters. The number of anilines is 2. The van der Waals surface area contributed by atoms with Crippen molar-refractivity contribution in [2.45, 2.75) is 20.3 Å². The number of hydrogen-bond acceptors (Lipinski definition) is 10. The molecule has 0 aliphatic carbocycles. The molecule has 13 heteroatoms. The van der Waals surface area contributed by atoms with Gasteiger partial charge in [-0.05, 0) is 31.0 Å². The fourth-order valence-electron chi connectivity index (χ4n) is 2.13. The van der Waals surface area contributed by atoms with Crippen LogP contribution in [-0.2, 0) is 29.2 Å². The fraction of sp³-hybridized carbons (Fsp3) is 0.647. The zero-order chi connectivity index (χ0) is 23.2. The van der Waals surface area contributed by atoms with Gasteiger partial charge in [0, 0.05) is 40.8 Å². The van der Waals surface area contributed by atoms with E-state index in [0.717, 1.165) is 12.0 Å². The minimum atomic E-state index is -4.64. The molecule has 0 spiro atoms. The molecule has 0 aliphatic rings. The maximum absolute atomic E-state index is 12.0. The summed E-state index contributed by atoms with van der Waals surface area (Å²) in [4.78, 5) is 6.17. The van der Waals surface area contributed by atoms with Gasteiger partial charge in [-0.25, -0.2) is 17.6 Å². The second kappa shape index (κ2) is 14.1. The molecule has 0 amide bonds. The van der Waals surface area contributed by atoms with Gasteiger partial charge in [-0.3, -0.25) is 4.55 Å². The van der Waals surface area contributed by atoms with Crippen LogP contribution in [0.2, 0.25) is 0 Å². The number of nitriles is 1. The van der Waals surface area contributed by atoms with Crippen LogP contribution in [0, 0.1) is 18.3 Å². The van der Waals surface area contributed by atoms with Gasteiger partial charge in [0.25, 0.3) is 0 Å². The highest BCUT2D eigenvalue weighted by atomic mass is 32.3. The Morgan fingerprint density at radius 1 is 1.23 bits per heavy atom. The molecule has 0 atom stereocenters. The summed E-state index contributed by atoms with van der Waals surface area (Å²) in [5, 5.41) is 10.5. The average molecular weight is 467 g/mol. The number of nitrogens with one attached hydrogen (secondary N) is 1. The van der Waals surface area contributed by atoms with Gasteiger partial charge in [0.15, 0.2) is 9.84 Å². The van der Waals surface area contributed by atoms with Crippen molar-refractivity contribution in [1.29, 1.82) is 5.26 Å². The average Bonchev–Trinajstić information content (AvgIpc) is 2.62. The van der Waals surface area contributed by atoms with Crippen molar-refractivity contribution >= 4 is 31.9 Å². The highest BCUT2D eigenvalue weighted by Gasteiger charge is 2.15. The lowest BCUT2D eigenvalue weighted by Gasteiger charge is -2.20. The second-order valence-corrected chi connectivity index (χ2v) is 9.60. The summed E-state index contributed by atoms with van der Waals surface area (Å²) in [5.41, 5.74) is 0.977. The molecule has 0 aromatic carbocycles. The molecule has 0 aliphatic heterocycles. The van der Waals surface area contributed by atoms with Crippen molar-refractivity contribution in [2.75, 3.05) is 62.2 Å². The predicted octanol–water partition coefficient (Wildman–Crippen LogP) is 1.04. The smallest absolute Gasteiger partial charge is 0.385 e. The zero-order valence-electron chi connectivity index (χ0n) is 17.7. The number of methoxy groups -OCH3 is 1. The number of nitrogens with zero attached hydrogens (tertiary/aromatic N) is 3. The van der Waals surface area contributed by atoms with Gasteiger partial charge in [-0.1, -0.05) is 0 Å². The van der Waals surface area contributed by atoms with Crippen LogP contribution in [0.15, 0.2) is 12.1 Å². The van der Waals surface area contributed by atoms with E-state index in [1.807, 2.05) is 19.1 Å². The Morgan fingerprint density at radius 3 is 2.43 bits per heavy atom. The molecule has 1 heterocycles. The molecule has 1 aromatic rings. The van der Waals surface area contributed by atoms with E-state index in [0.29, 0.717) is 24.8 Å². The van der Waals surface area contributed by atoms with E-state index in [9.17, 15) is 16.8 Å². The van der Waals surface area contributed by atoms with Gasteiger partial charge in [0.2, 0.25) is 0 Å². The maximum Gasteiger partial charge on any atom is 0.397 e. The van der Waals surface area contributed by atoms with Gasteiger partial charge in [0.1, 0.15) is 11.6 Å². The highest BCUT2D eigenvalue weighted by Crippen LogP contribution is 2.17. The quantitative estimate of drug-likeness (QED) is 0.316. The first kappa shape index (κ1) is 28.0. The molecular weight excluding hydrogens is 436 g/mol. The van der Waals surface area contributed by atoms with Crippen LogP contribution in [0.3, 0.4) is 0 Å². The summed E-state index contributed by atoms with van der Waals surface area (Å²) in [5.74, 6) is 0.602. The number of ether oxygens (including phenoxy) is 1. The molecule has 2 N–H and O–H groups in total. The van der Waals surface area contributed by atoms with Crippen LogP contribution >= 0.6 is 0 Å². The Morgan fingerprint density at radius 2 is 1.87 bits per heavy atom. The Kier molecular flexibility index (Phi) is 13.2. The molecule has 1 aromatic heterocycles. The Bertz CT molecular complexity index is 884. The van der Waals surface area contributed by atoms with Crippen LogP contribution in [0.4, 0.5) is 11.6 Å². The predicted molar refractivity (Wildman–Crippen MR) is 115 cm³/mol. The topological polar surface area (TPSA) is 159 Å². The Labute approximate surface area is 178 Å². The number of aryl methyl sites for hydroxylation is 1. The lowest BCUT2D eigenvalue weighted by molar-refractivity contribution is 0.198. The van der Waals surface area contributed by atoms with E-state index in [1.165, 1.54) is 6.92 Å². The van der Waals surface area contributed by atoms with Crippen LogP contribution in [0.5, 0.6) is 0 Å². The van der Waals surface area contributed by atoms with Gasteiger partial charge >= 0.3 is 10.4 Å². The number of pyridine rings is 1. The van der Waals surface area contributed by atoms with Gasteiger partial charge < -0.3 is 15.0 Å². The summed E-state index contributed by atoms with van der Waals surface area (Å²) >= 11 is 0. The monoisotopic (exact) mass is 466 g/mol. The van der Waals surface area contributed by atoms with Gasteiger partial charge in [-0.2, -0.15) is 13.7 Å². The van der Waals surface area contributed by atoms with E-state index in [-0.39, 0.29) is 12.3 Å². The molecule has 0 saturated heterocycles. The lowest BCUT2D eigenvalue weighted by atomic mass is 10.2. The summed E-state index contributed by atoms with van der Waals surface area (Å²) in [6.07, 6.45) is 0.834. The summed E-state index contributed by atoms with van der Waals surface area (Å²) < 4.78 is 62.3. The first-order valence-electron chi connectivity index (χ1n) is 8.99. The number of hydrogen-bond donors (Lipinski definition) is 2. The largest absolute Gasteiger partial charge is 0.397 e. The molecule has 0 saturated carbocycles. The molecule has 0 fully saturated rings. The number of rotatable bonds is 13. The number of aromatic nitrogens is 1. The second-order valence-electron chi connectivity index (χ2n) is 6.21. The van der Waals surface area contributed by atoms with Crippen molar-refractivity contribution in [3.8, 4) is 6.07 Å². The Balaban J connectivity index is 0.00000263. The van der Waals surface area contributed by atoms with Crippen molar-refractivity contribution in [3.63, 3.8) is 0 Å². The van der Waals surface area contributed by atoms with E-state index in [1.54, 1.807) is 25.1 Å². The molecule has 1 rings (SSSR count). The van der Waals surface area contributed by atoms with Crippen molar-refractivity contribution in [3.05, 3.63) is 17.7 Å². The van der Waals surface area contributed by atoms with E-state index >= 15 is 0 Å². The molecule has 11 nitrogen and oxygen atoms in total. The first-order chi connectivity index (χ1) is 13.9. The molecule has 30 heavy (non-hydrogen) atoms. The van der Waals surface area contributed by atoms with Crippen molar-refractivity contribution < 1.29 is 30.3 Å². The van der Waals surface area contributed by atoms with Crippen LogP contribution in [0.1, 0.15) is 18.9 Å². The van der Waals surface area contributed by atoms with Crippen LogP contribution in [0.25, 0.3) is 0 Å². The third-order valence-electron chi connectivity index (χ3n) is 3.54. The van der Waals surface area contributed by atoms with Crippen LogP contribution in [-0.4, -0.2) is 78.3 Å². The molecule has 0 radical (unpaired) electrons. The maximum atomic E-state index is 12.0. The van der Waals surface area contributed by atoms with Crippen LogP contribution < -0.4 is 10.2 Å².